The molecule has 0 spiro atoms. The van der Waals surface area contributed by atoms with Crippen molar-refractivity contribution in [2.75, 3.05) is 36.4 Å². The van der Waals surface area contributed by atoms with Gasteiger partial charge in [0, 0.05) is 18.6 Å². The van der Waals surface area contributed by atoms with Crippen molar-refractivity contribution >= 4 is 127 Å². The Morgan fingerprint density at radius 1 is 0.562 bits per heavy atom. The maximum Gasteiger partial charge on any atom is 0.459 e. The second kappa shape index (κ2) is 38.0. The van der Waals surface area contributed by atoms with E-state index in [0.29, 0.717) is 0 Å². The number of carbonyl (C=O) groups excluding carboxylic acids is 3. The quantitative estimate of drug-likeness (QED) is 0.00559. The molecule has 0 saturated carbocycles. The number of nitrogens with zero attached hydrogens (tertiary/aromatic N) is 6. The molecule has 2 saturated heterocycles. The molecule has 0 aliphatic carbocycles. The maximum absolute atomic E-state index is 15.4. The fourth-order valence-corrected chi connectivity index (χ4v) is 18.7. The number of nitrogen functional groups attached to an aromatic ring is 1. The van der Waals surface area contributed by atoms with Crippen LogP contribution in [-0.4, -0.2) is 197 Å². The van der Waals surface area contributed by atoms with E-state index in [-0.39, 0.29) is 68.2 Å². The molecule has 9 aromatic rings. The third-order valence-corrected chi connectivity index (χ3v) is 25.5. The van der Waals surface area contributed by atoms with E-state index < -0.39 is 197 Å². The molecule has 5 unspecified atom stereocenters. The molecule has 2 aliphatic heterocycles. The Labute approximate surface area is 702 Å². The van der Waals surface area contributed by atoms with Gasteiger partial charge in [0.1, 0.15) is 101 Å². The number of anilines is 3. The number of benzene rings is 3. The number of aromatic nitrogens is 9. The molecule has 22 atom stereocenters. The van der Waals surface area contributed by atoms with Gasteiger partial charge in [-0.1, -0.05) is 54.6 Å². The lowest BCUT2D eigenvalue weighted by atomic mass is 9.97. The van der Waals surface area contributed by atoms with E-state index in [1.165, 1.54) is 152 Å². The Balaban J connectivity index is 0.742. The number of fused-ring (bicyclic) bond motifs is 3. The highest BCUT2D eigenvalue weighted by Crippen LogP contribution is 2.54. The predicted molar refractivity (Wildman–Crippen MR) is 434 cm³/mol. The molecule has 3 aromatic carbocycles. The lowest BCUT2D eigenvalue weighted by molar-refractivity contribution is -0.206. The molecule has 2 aliphatic rings. The van der Waals surface area contributed by atoms with Crippen molar-refractivity contribution in [3.63, 3.8) is 0 Å². The highest BCUT2D eigenvalue weighted by molar-refractivity contribution is 7.52. The number of ether oxygens (including phenoxy) is 6. The van der Waals surface area contributed by atoms with Crippen LogP contribution in [0.5, 0.6) is 17.2 Å². The smallest absolute Gasteiger partial charge is 0.459 e. The van der Waals surface area contributed by atoms with E-state index in [4.69, 9.17) is 96.1 Å². The molecule has 658 valence electrons. The van der Waals surface area contributed by atoms with Crippen LogP contribution in [0.1, 0.15) is 94.8 Å². The van der Waals surface area contributed by atoms with Gasteiger partial charge in [0.15, 0.2) is 54.4 Å². The summed E-state index contributed by atoms with van der Waals surface area (Å²) in [4.78, 5) is 94.8. The summed E-state index contributed by atoms with van der Waals surface area (Å²) in [7, 11) is -14.4. The van der Waals surface area contributed by atoms with Gasteiger partial charge in [-0.3, -0.25) is 57.3 Å². The van der Waals surface area contributed by atoms with E-state index in [9.17, 15) is 53.2 Å². The van der Waals surface area contributed by atoms with Crippen molar-refractivity contribution in [3.8, 4) is 17.2 Å². The van der Waals surface area contributed by atoms with Crippen LogP contribution in [-0.2, 0) is 70.1 Å². The van der Waals surface area contributed by atoms with Crippen LogP contribution in [0.2, 0.25) is 0 Å². The van der Waals surface area contributed by atoms with Gasteiger partial charge in [0.2, 0.25) is 17.8 Å². The second-order valence-corrected chi connectivity index (χ2v) is 36.2. The number of para-hydroxylation sites is 3. The zero-order chi connectivity index (χ0) is 88.2. The average molecular weight is 1820 g/mol. The lowest BCUT2D eigenvalue weighted by Crippen LogP contribution is -2.46. The monoisotopic (exact) mass is 1820 g/mol. The number of nitrogens with one attached hydrogen (secondary N) is 8. The fourth-order valence-electron chi connectivity index (χ4n) is 12.9. The number of aromatic amines is 3. The minimum absolute atomic E-state index is 0.0275. The van der Waals surface area contributed by atoms with Gasteiger partial charge in [0.05, 0.1) is 34.5 Å². The van der Waals surface area contributed by atoms with Crippen molar-refractivity contribution in [3.05, 3.63) is 159 Å². The third kappa shape index (κ3) is 21.1. The molecule has 121 heavy (non-hydrogen) atoms. The summed E-state index contributed by atoms with van der Waals surface area (Å²) < 4.78 is 164. The summed E-state index contributed by atoms with van der Waals surface area (Å²) in [5.41, 5.74) is 3.05. The molecule has 6 aromatic heterocycles. The first-order valence-corrected chi connectivity index (χ1v) is 43.2. The van der Waals surface area contributed by atoms with Crippen LogP contribution < -0.4 is 61.9 Å². The van der Waals surface area contributed by atoms with Crippen LogP contribution in [0.15, 0.2) is 142 Å². The Morgan fingerprint density at radius 3 is 1.32 bits per heavy atom. The number of rotatable bonds is 40. The van der Waals surface area contributed by atoms with Crippen LogP contribution in [0, 0.1) is 0 Å². The molecule has 39 nitrogen and oxygen atoms in total. The van der Waals surface area contributed by atoms with Gasteiger partial charge < -0.3 is 87.4 Å². The molecule has 11 rings (SSSR count). The number of H-pyrrole nitrogens is 3. The van der Waals surface area contributed by atoms with Crippen molar-refractivity contribution in [1.29, 1.82) is 0 Å². The summed E-state index contributed by atoms with van der Waals surface area (Å²) in [5, 5.41) is 48.0. The van der Waals surface area contributed by atoms with Crippen molar-refractivity contribution in [1.82, 2.24) is 58.9 Å². The minimum atomic E-state index is -4.95. The Kier molecular flexibility index (Phi) is 29.1. The Bertz CT molecular complexity index is 5500. The number of esters is 3. The number of halogens is 6. The Hall–Kier alpha value is -9.00. The SMILES string of the molecule is CC(C)OC(=O)[C@H](C)NP(=O)(Oc1ccccc1)O[C@@H](C)[C@H]1O[C@@H](n2ccc3c(=O)[nH]c(NC(C)OC(=O)[C@H](C)N[P@@](=O)(Oc4ccccc4)O[C@@H](C)[C@H](O)O[C@@H](n4ccc5c(=O)[nH]c(NC(C)OC(=O)[C@H](C)N[P@](=O)(Oc6ccccc6)O[C@@H](C)[C@H]6O[C@@H](n7ccc8c(=O)[nH]c(N)nc87)[C@@](Cl)(CF)C6O)nc54)[C@@](C)(Cl)CF)nc32)[C@@](Cl)(CF)C1O. The molecule has 0 amide bonds. The lowest BCUT2D eigenvalue weighted by Gasteiger charge is -2.35. The van der Waals surface area contributed by atoms with Gasteiger partial charge >= 0.3 is 41.1 Å². The minimum Gasteiger partial charge on any atom is -0.462 e. The number of alkyl halides is 6. The number of nitrogens with two attached hydrogens (primary N) is 1. The van der Waals surface area contributed by atoms with E-state index in [1.54, 1.807) is 56.3 Å². The van der Waals surface area contributed by atoms with Crippen molar-refractivity contribution in [2.24, 2.45) is 0 Å². The third-order valence-electron chi connectivity index (χ3n) is 18.9. The highest BCUT2D eigenvalue weighted by atomic mass is 35.5. The molecular formula is C73H90Cl3F3N15O24P3. The molecule has 2 fully saturated rings. The van der Waals surface area contributed by atoms with Gasteiger partial charge in [-0.25, -0.2) is 26.9 Å². The second-order valence-electron chi connectivity index (χ2n) is 29.0. The molecule has 13 N–H and O–H groups in total. The van der Waals surface area contributed by atoms with Crippen LogP contribution in [0.4, 0.5) is 31.0 Å². The molecule has 0 radical (unpaired) electrons. The zero-order valence-electron chi connectivity index (χ0n) is 66.3. The van der Waals surface area contributed by atoms with Gasteiger partial charge in [0.25, 0.3) is 16.7 Å². The summed E-state index contributed by atoms with van der Waals surface area (Å²) >= 11 is 20.5. The van der Waals surface area contributed by atoms with Crippen molar-refractivity contribution in [2.45, 2.75) is 195 Å². The van der Waals surface area contributed by atoms with E-state index >= 15 is 17.7 Å². The standard InChI is InChI=1S/C73H90Cl3F3N15O24P3/c1-36(2)107-61(100)37(3)89-119(104,116-45-21-15-12-16-22-45)113-41(7)52-54(96)73(76,35-79)67(111-52)94-32-29-50-57(94)85-70(88-60(50)99)82-44(10)109-63(102)39(5)91-121(106,118-47-25-19-14-20-26-47)115-42(8)64(103)112-65(71(11,74)33-77)92-30-27-49-56(92)84-69(87-59(49)98)81-43(9)108-62(101)38(4)90-120(105,117-46-23-17-13-18-24-46)114-40(6)51-53(95)72(75,34-78)66(110-51)93-31-28-48-55(93)83-68(80)86-58(48)97/h12-32,36-44,51-54,64-67,95-96,103H,33-35H2,1-11H3,(H,89,104)(H,90,105)(H,91,106)(H3,80,83,86,97)(H2,81,84,87,98)(H2,82,85,88,99)/t37-,38-,39-,40-,41-,42-,43?,44?,51+,52+,53?,54?,64+,65+,66+,67+,71-,72+,73+,119?,120+,121-/m0/s1. The van der Waals surface area contributed by atoms with Crippen LogP contribution >= 0.6 is 58.0 Å². The summed E-state index contributed by atoms with van der Waals surface area (Å²) in [6, 6.07) is 22.1. The topological polar surface area (TPSA) is 512 Å². The predicted octanol–water partition coefficient (Wildman–Crippen LogP) is 9.26. The van der Waals surface area contributed by atoms with Gasteiger partial charge in [-0.05, 0) is 131 Å². The zero-order valence-corrected chi connectivity index (χ0v) is 71.3. The Morgan fingerprint density at radius 2 is 0.926 bits per heavy atom. The van der Waals surface area contributed by atoms with Gasteiger partial charge in [-0.2, -0.15) is 30.2 Å². The van der Waals surface area contributed by atoms with Gasteiger partial charge in [-0.15, -0.1) is 34.8 Å². The first-order valence-electron chi connectivity index (χ1n) is 37.4. The normalized spacial score (nSPS) is 23.9. The van der Waals surface area contributed by atoms with Crippen molar-refractivity contribution < 1.29 is 112 Å². The summed E-state index contributed by atoms with van der Waals surface area (Å²) in [6.07, 6.45) is -18.5. The number of aliphatic hydroxyl groups excluding tert-OH is 3. The largest absolute Gasteiger partial charge is 0.462 e. The molecule has 48 heteroatoms. The number of aliphatic hydroxyl groups is 3. The average Bonchev–Trinajstić information content (AvgIpc) is 1.59. The summed E-state index contributed by atoms with van der Waals surface area (Å²) in [5.74, 6) is -4.12. The molecule has 0 bridgehead atoms. The number of hydrogen-bond donors (Lipinski definition) is 12. The first-order chi connectivity index (χ1) is 57.0. The van der Waals surface area contributed by atoms with E-state index in [1.807, 2.05) is 0 Å². The van der Waals surface area contributed by atoms with Crippen LogP contribution in [0.3, 0.4) is 0 Å². The van der Waals surface area contributed by atoms with E-state index in [2.05, 4.69) is 55.8 Å². The number of carbonyl (C=O) groups is 3. The number of hydrogen-bond acceptors (Lipinski definition) is 30. The highest BCUT2D eigenvalue weighted by Gasteiger charge is 2.61. The maximum atomic E-state index is 15.4. The molecule has 8 heterocycles. The van der Waals surface area contributed by atoms with Crippen LogP contribution in [0.25, 0.3) is 33.1 Å². The summed E-state index contributed by atoms with van der Waals surface area (Å²) in [6.45, 7) is 10.4. The fraction of sp³-hybridized carbons (Fsp3) is 0.466. The molecular weight excluding hydrogens is 1730 g/mol. The first kappa shape index (κ1) is 92.7. The van der Waals surface area contributed by atoms with E-state index in [0.717, 1.165) is 9.13 Å².